The molecule has 1 saturated heterocycles. The normalized spacial score (nSPS) is 16.7. The topological polar surface area (TPSA) is 49.4 Å². The number of aryl methyl sites for hydroxylation is 2. The molecule has 0 aliphatic carbocycles. The van der Waals surface area contributed by atoms with E-state index in [2.05, 4.69) is 37.4 Å². The molecule has 1 aliphatic rings. The van der Waals surface area contributed by atoms with Gasteiger partial charge in [0.15, 0.2) is 0 Å². The van der Waals surface area contributed by atoms with Crippen LogP contribution < -0.4 is 5.32 Å². The van der Waals surface area contributed by atoms with E-state index < -0.39 is 0 Å². The molecule has 0 unspecified atom stereocenters. The van der Waals surface area contributed by atoms with Gasteiger partial charge in [-0.3, -0.25) is 9.59 Å². The fourth-order valence-electron chi connectivity index (χ4n) is 4.16. The Kier molecular flexibility index (Phi) is 7.11. The summed E-state index contributed by atoms with van der Waals surface area (Å²) < 4.78 is 0. The second kappa shape index (κ2) is 10.0. The lowest BCUT2D eigenvalue weighted by Gasteiger charge is -2.24. The standard InChI is InChI=1S/C27H27ClN2O2S/c1-17-4-13-24(18(2)14-17)19(3)29-26(32)21-7-9-22(10-8-21)27-30(25(31)16-33-27)15-20-5-11-23(28)12-6-20/h4-14,19,27H,15-16H2,1-3H3,(H,29,32)/t19-,27+/m0/s1. The van der Waals surface area contributed by atoms with Crippen molar-refractivity contribution in [1.82, 2.24) is 10.2 Å². The van der Waals surface area contributed by atoms with Crippen molar-refractivity contribution in [2.75, 3.05) is 5.75 Å². The van der Waals surface area contributed by atoms with Crippen molar-refractivity contribution in [3.8, 4) is 0 Å². The van der Waals surface area contributed by atoms with Crippen LogP contribution >= 0.6 is 23.4 Å². The van der Waals surface area contributed by atoms with E-state index in [0.29, 0.717) is 22.9 Å². The van der Waals surface area contributed by atoms with Gasteiger partial charge < -0.3 is 10.2 Å². The highest BCUT2D eigenvalue weighted by atomic mass is 35.5. The van der Waals surface area contributed by atoms with E-state index in [1.54, 1.807) is 11.8 Å². The Bertz CT molecular complexity index is 1160. The highest BCUT2D eigenvalue weighted by Gasteiger charge is 2.32. The smallest absolute Gasteiger partial charge is 0.251 e. The van der Waals surface area contributed by atoms with E-state index in [4.69, 9.17) is 11.6 Å². The van der Waals surface area contributed by atoms with Gasteiger partial charge in [0, 0.05) is 17.1 Å². The predicted octanol–water partition coefficient (Wildman–Crippen LogP) is 6.22. The summed E-state index contributed by atoms with van der Waals surface area (Å²) in [7, 11) is 0. The number of benzene rings is 3. The Hall–Kier alpha value is -2.76. The van der Waals surface area contributed by atoms with Crippen molar-refractivity contribution in [3.05, 3.63) is 105 Å². The summed E-state index contributed by atoms with van der Waals surface area (Å²) in [6, 6.07) is 21.3. The van der Waals surface area contributed by atoms with Gasteiger partial charge >= 0.3 is 0 Å². The molecular formula is C27H27ClN2O2S. The van der Waals surface area contributed by atoms with Crippen molar-refractivity contribution in [2.45, 2.75) is 38.7 Å². The molecule has 3 aromatic carbocycles. The number of nitrogens with one attached hydrogen (secondary N) is 1. The summed E-state index contributed by atoms with van der Waals surface area (Å²) in [4.78, 5) is 27.2. The third kappa shape index (κ3) is 5.43. The molecule has 0 saturated carbocycles. The van der Waals surface area contributed by atoms with E-state index in [-0.39, 0.29) is 23.2 Å². The molecular weight excluding hydrogens is 452 g/mol. The van der Waals surface area contributed by atoms with Gasteiger partial charge in [-0.25, -0.2) is 0 Å². The summed E-state index contributed by atoms with van der Waals surface area (Å²) in [6.45, 7) is 6.66. The number of halogens is 1. The molecule has 0 spiro atoms. The predicted molar refractivity (Wildman–Crippen MR) is 135 cm³/mol. The molecule has 3 aromatic rings. The Balaban J connectivity index is 1.44. The third-order valence-corrected chi connectivity index (χ3v) is 7.44. The average molecular weight is 479 g/mol. The largest absolute Gasteiger partial charge is 0.346 e. The van der Waals surface area contributed by atoms with Crippen molar-refractivity contribution in [2.24, 2.45) is 0 Å². The molecule has 170 valence electrons. The van der Waals surface area contributed by atoms with E-state index in [1.807, 2.05) is 60.4 Å². The van der Waals surface area contributed by atoms with Gasteiger partial charge in [0.05, 0.1) is 11.8 Å². The Morgan fingerprint density at radius 1 is 1.09 bits per heavy atom. The maximum absolute atomic E-state index is 12.8. The molecule has 0 aromatic heterocycles. The first-order valence-electron chi connectivity index (χ1n) is 11.0. The van der Waals surface area contributed by atoms with Crippen molar-refractivity contribution in [1.29, 1.82) is 0 Å². The van der Waals surface area contributed by atoms with Gasteiger partial charge in [-0.15, -0.1) is 11.8 Å². The van der Waals surface area contributed by atoms with Gasteiger partial charge in [-0.2, -0.15) is 0 Å². The first kappa shape index (κ1) is 23.4. The number of hydrogen-bond donors (Lipinski definition) is 1. The Labute approximate surface area is 204 Å². The van der Waals surface area contributed by atoms with Crippen LogP contribution in [0.15, 0.2) is 66.7 Å². The average Bonchev–Trinajstić information content (AvgIpc) is 3.15. The van der Waals surface area contributed by atoms with E-state index in [9.17, 15) is 9.59 Å². The van der Waals surface area contributed by atoms with Crippen LogP contribution in [0.3, 0.4) is 0 Å². The maximum Gasteiger partial charge on any atom is 0.251 e. The molecule has 1 aliphatic heterocycles. The lowest BCUT2D eigenvalue weighted by molar-refractivity contribution is -0.128. The van der Waals surface area contributed by atoms with Gasteiger partial charge in [0.2, 0.25) is 5.91 Å². The lowest BCUT2D eigenvalue weighted by Crippen LogP contribution is -2.28. The van der Waals surface area contributed by atoms with E-state index in [0.717, 1.165) is 16.7 Å². The number of thioether (sulfide) groups is 1. The minimum Gasteiger partial charge on any atom is -0.346 e. The zero-order valence-corrected chi connectivity index (χ0v) is 20.5. The van der Waals surface area contributed by atoms with Gasteiger partial charge in [-0.1, -0.05) is 59.6 Å². The van der Waals surface area contributed by atoms with Gasteiger partial charge in [-0.05, 0) is 67.3 Å². The van der Waals surface area contributed by atoms with Gasteiger partial charge in [0.1, 0.15) is 5.37 Å². The minimum atomic E-state index is -0.109. The van der Waals surface area contributed by atoms with Crippen LogP contribution in [-0.2, 0) is 11.3 Å². The highest BCUT2D eigenvalue weighted by Crippen LogP contribution is 2.39. The van der Waals surface area contributed by atoms with Gasteiger partial charge in [0.25, 0.3) is 5.91 Å². The third-order valence-electron chi connectivity index (χ3n) is 5.93. The molecule has 1 heterocycles. The first-order valence-corrected chi connectivity index (χ1v) is 12.4. The Morgan fingerprint density at radius 3 is 2.45 bits per heavy atom. The molecule has 1 N–H and O–H groups in total. The molecule has 0 radical (unpaired) electrons. The van der Waals surface area contributed by atoms with Crippen LogP contribution in [0.5, 0.6) is 0 Å². The molecule has 33 heavy (non-hydrogen) atoms. The lowest BCUT2D eigenvalue weighted by atomic mass is 10.00. The highest BCUT2D eigenvalue weighted by molar-refractivity contribution is 8.00. The maximum atomic E-state index is 12.8. The summed E-state index contributed by atoms with van der Waals surface area (Å²) in [6.07, 6.45) is 0. The van der Waals surface area contributed by atoms with Crippen molar-refractivity contribution in [3.63, 3.8) is 0 Å². The number of rotatable bonds is 6. The second-order valence-corrected chi connectivity index (χ2v) is 9.99. The molecule has 1 fully saturated rings. The van der Waals surface area contributed by atoms with Crippen LogP contribution in [0.1, 0.15) is 56.5 Å². The van der Waals surface area contributed by atoms with Crippen LogP contribution in [0.4, 0.5) is 0 Å². The zero-order valence-electron chi connectivity index (χ0n) is 19.0. The zero-order chi connectivity index (χ0) is 23.5. The van der Waals surface area contributed by atoms with Crippen LogP contribution in [0.2, 0.25) is 5.02 Å². The number of carbonyl (C=O) groups is 2. The summed E-state index contributed by atoms with van der Waals surface area (Å²) >= 11 is 7.59. The second-order valence-electron chi connectivity index (χ2n) is 8.49. The monoisotopic (exact) mass is 478 g/mol. The van der Waals surface area contributed by atoms with Crippen molar-refractivity contribution >= 4 is 35.2 Å². The number of hydrogen-bond acceptors (Lipinski definition) is 3. The van der Waals surface area contributed by atoms with Crippen molar-refractivity contribution < 1.29 is 9.59 Å². The molecule has 6 heteroatoms. The van der Waals surface area contributed by atoms with Crippen LogP contribution in [-0.4, -0.2) is 22.5 Å². The fourth-order valence-corrected chi connectivity index (χ4v) is 5.47. The minimum absolute atomic E-state index is 0.0700. The van der Waals surface area contributed by atoms with E-state index >= 15 is 0 Å². The summed E-state index contributed by atoms with van der Waals surface area (Å²) in [5.41, 5.74) is 6.15. The molecule has 0 bridgehead atoms. The number of carbonyl (C=O) groups excluding carboxylic acids is 2. The quantitative estimate of drug-likeness (QED) is 0.457. The van der Waals surface area contributed by atoms with Crippen LogP contribution in [0, 0.1) is 13.8 Å². The fraction of sp³-hybridized carbons (Fsp3) is 0.259. The molecule has 4 rings (SSSR count). The molecule has 2 atom stereocenters. The summed E-state index contributed by atoms with van der Waals surface area (Å²) in [5.74, 6) is 0.458. The van der Waals surface area contributed by atoms with E-state index in [1.165, 1.54) is 11.1 Å². The Morgan fingerprint density at radius 2 is 1.79 bits per heavy atom. The number of amides is 2. The summed E-state index contributed by atoms with van der Waals surface area (Å²) in [5, 5.41) is 3.70. The SMILES string of the molecule is Cc1ccc([C@H](C)NC(=O)c2ccc([C@H]3SCC(=O)N3Cc3ccc(Cl)cc3)cc2)c(C)c1. The first-order chi connectivity index (χ1) is 15.8. The molecule has 2 amide bonds. The molecule has 4 nitrogen and oxygen atoms in total. The van der Waals surface area contributed by atoms with Crippen LogP contribution in [0.25, 0.3) is 0 Å². The number of nitrogens with zero attached hydrogens (tertiary/aromatic N) is 1.